The van der Waals surface area contributed by atoms with Crippen molar-refractivity contribution >= 4 is 33.4 Å². The molecule has 0 spiro atoms. The zero-order valence-corrected chi connectivity index (χ0v) is 12.9. The smallest absolute Gasteiger partial charge is 0.238 e. The van der Waals surface area contributed by atoms with Crippen molar-refractivity contribution in [1.29, 1.82) is 0 Å². The van der Waals surface area contributed by atoms with Crippen LogP contribution < -0.4 is 4.90 Å². The molecule has 1 aliphatic heterocycles. The maximum absolute atomic E-state index is 12.8. The number of carbonyl (C=O) groups excluding carboxylic acids is 2. The highest BCUT2D eigenvalue weighted by Crippen LogP contribution is 2.65. The molecule has 1 aromatic carbocycles. The zero-order chi connectivity index (χ0) is 14.3. The van der Waals surface area contributed by atoms with Crippen LogP contribution >= 0.6 is 15.9 Å². The Morgan fingerprint density at radius 2 is 1.43 bits per heavy atom. The van der Waals surface area contributed by atoms with E-state index in [1.807, 2.05) is 24.3 Å². The quantitative estimate of drug-likeness (QED) is 0.580. The van der Waals surface area contributed by atoms with Gasteiger partial charge >= 0.3 is 0 Å². The summed E-state index contributed by atoms with van der Waals surface area (Å²) in [6, 6.07) is 7.44. The maximum Gasteiger partial charge on any atom is 0.238 e. The fraction of sp³-hybridized carbons (Fsp3) is 0.412. The van der Waals surface area contributed by atoms with Crippen LogP contribution in [0.15, 0.2) is 40.9 Å². The Kier molecular flexibility index (Phi) is 2.23. The molecule has 0 unspecified atom stereocenters. The van der Waals surface area contributed by atoms with Crippen LogP contribution in [0, 0.1) is 35.5 Å². The molecular weight excluding hydrogens is 330 g/mol. The van der Waals surface area contributed by atoms with Gasteiger partial charge in [-0.15, -0.1) is 0 Å². The van der Waals surface area contributed by atoms with Gasteiger partial charge in [0.2, 0.25) is 11.8 Å². The number of amides is 2. The number of carbonyl (C=O) groups is 2. The van der Waals surface area contributed by atoms with Crippen molar-refractivity contribution in [2.45, 2.75) is 6.42 Å². The average molecular weight is 344 g/mol. The van der Waals surface area contributed by atoms with Gasteiger partial charge in [0, 0.05) is 4.47 Å². The van der Waals surface area contributed by atoms with E-state index in [2.05, 4.69) is 28.1 Å². The average Bonchev–Trinajstić information content (AvgIpc) is 3.26. The SMILES string of the molecule is O=C1[C@@H]2[C@H]3C=C[C@@H]([C@@H]4C[C@H]34)[C@@H]2C(=O)N1c1ccc(Br)cc1. The molecule has 2 bridgehead atoms. The number of hydrogen-bond donors (Lipinski definition) is 0. The van der Waals surface area contributed by atoms with Gasteiger partial charge in [0.25, 0.3) is 0 Å². The van der Waals surface area contributed by atoms with Crippen molar-refractivity contribution < 1.29 is 9.59 Å². The second-order valence-corrected chi connectivity index (χ2v) is 7.56. The normalized spacial score (nSPS) is 42.2. The van der Waals surface area contributed by atoms with E-state index >= 15 is 0 Å². The fourth-order valence-corrected chi connectivity index (χ4v) is 5.07. The molecule has 6 rings (SSSR count). The molecule has 3 nitrogen and oxygen atoms in total. The molecule has 0 radical (unpaired) electrons. The largest absolute Gasteiger partial charge is 0.274 e. The molecule has 106 valence electrons. The molecule has 4 aliphatic carbocycles. The molecule has 3 fully saturated rings. The van der Waals surface area contributed by atoms with Gasteiger partial charge in [-0.1, -0.05) is 28.1 Å². The molecule has 1 saturated heterocycles. The highest BCUT2D eigenvalue weighted by Gasteiger charge is 2.67. The number of allylic oxidation sites excluding steroid dienone is 2. The first kappa shape index (κ1) is 12.2. The second kappa shape index (κ2) is 3.86. The Morgan fingerprint density at radius 3 is 1.95 bits per heavy atom. The predicted molar refractivity (Wildman–Crippen MR) is 81.3 cm³/mol. The lowest BCUT2D eigenvalue weighted by Crippen LogP contribution is -2.40. The molecular formula is C17H14BrNO2. The molecule has 1 aromatic rings. The van der Waals surface area contributed by atoms with E-state index in [0.29, 0.717) is 29.4 Å². The van der Waals surface area contributed by atoms with Crippen LogP contribution in [-0.4, -0.2) is 11.8 Å². The van der Waals surface area contributed by atoms with Gasteiger partial charge in [0.15, 0.2) is 0 Å². The molecule has 6 atom stereocenters. The van der Waals surface area contributed by atoms with Crippen molar-refractivity contribution in [2.75, 3.05) is 4.90 Å². The number of nitrogens with zero attached hydrogens (tertiary/aromatic N) is 1. The van der Waals surface area contributed by atoms with Crippen molar-refractivity contribution in [1.82, 2.24) is 0 Å². The van der Waals surface area contributed by atoms with Crippen molar-refractivity contribution in [3.05, 3.63) is 40.9 Å². The van der Waals surface area contributed by atoms with Crippen LogP contribution in [-0.2, 0) is 9.59 Å². The summed E-state index contributed by atoms with van der Waals surface area (Å²) in [5.41, 5.74) is 0.704. The van der Waals surface area contributed by atoms with Gasteiger partial charge in [-0.05, 0) is 54.4 Å². The molecule has 0 aromatic heterocycles. The van der Waals surface area contributed by atoms with Crippen LogP contribution in [0.5, 0.6) is 0 Å². The number of anilines is 1. The van der Waals surface area contributed by atoms with Crippen LogP contribution in [0.25, 0.3) is 0 Å². The standard InChI is InChI=1S/C17H14BrNO2/c18-8-1-3-9(4-2-8)19-16(20)14-10-5-6-11(13-7-12(10)13)15(14)17(19)21/h1-6,10-15H,7H2/t10-,11-,12-,13+,14-,15+/m0/s1. The van der Waals surface area contributed by atoms with Crippen molar-refractivity contribution in [2.24, 2.45) is 35.5 Å². The van der Waals surface area contributed by atoms with E-state index in [-0.39, 0.29) is 23.7 Å². The lowest BCUT2D eigenvalue weighted by atomic mass is 9.63. The Labute approximate surface area is 131 Å². The fourth-order valence-electron chi connectivity index (χ4n) is 4.80. The van der Waals surface area contributed by atoms with Crippen LogP contribution in [0.4, 0.5) is 5.69 Å². The summed E-state index contributed by atoms with van der Waals surface area (Å²) in [6.45, 7) is 0. The van der Waals surface area contributed by atoms with Gasteiger partial charge in [0.1, 0.15) is 0 Å². The zero-order valence-electron chi connectivity index (χ0n) is 11.3. The molecule has 5 aliphatic rings. The lowest BCUT2D eigenvalue weighted by Gasteiger charge is -2.37. The second-order valence-electron chi connectivity index (χ2n) is 6.64. The first-order chi connectivity index (χ1) is 10.2. The van der Waals surface area contributed by atoms with E-state index in [1.165, 1.54) is 11.3 Å². The summed E-state index contributed by atoms with van der Waals surface area (Å²) in [5, 5.41) is 0. The minimum Gasteiger partial charge on any atom is -0.274 e. The topological polar surface area (TPSA) is 37.4 Å². The molecule has 1 heterocycles. The summed E-state index contributed by atoms with van der Waals surface area (Å²) in [7, 11) is 0. The summed E-state index contributed by atoms with van der Waals surface area (Å²) in [6.07, 6.45) is 5.61. The van der Waals surface area contributed by atoms with E-state index in [0.717, 1.165) is 4.47 Å². The molecule has 0 N–H and O–H groups in total. The molecule has 4 heteroatoms. The Hall–Kier alpha value is -1.42. The summed E-state index contributed by atoms with van der Waals surface area (Å²) in [4.78, 5) is 27.1. The van der Waals surface area contributed by atoms with Gasteiger partial charge in [0.05, 0.1) is 17.5 Å². The summed E-state index contributed by atoms with van der Waals surface area (Å²) < 4.78 is 0.950. The number of imide groups is 1. The third kappa shape index (κ3) is 1.44. The van der Waals surface area contributed by atoms with Crippen molar-refractivity contribution in [3.63, 3.8) is 0 Å². The van der Waals surface area contributed by atoms with E-state index < -0.39 is 0 Å². The van der Waals surface area contributed by atoms with Crippen LogP contribution in [0.2, 0.25) is 0 Å². The third-order valence-electron chi connectivity index (χ3n) is 5.75. The van der Waals surface area contributed by atoms with Crippen LogP contribution in [0.3, 0.4) is 0 Å². The molecule has 21 heavy (non-hydrogen) atoms. The summed E-state index contributed by atoms with van der Waals surface area (Å²) >= 11 is 3.39. The predicted octanol–water partition coefficient (Wildman–Crippen LogP) is 3.01. The molecule has 2 amide bonds. The number of hydrogen-bond acceptors (Lipinski definition) is 2. The van der Waals surface area contributed by atoms with Gasteiger partial charge in [-0.2, -0.15) is 0 Å². The molecule has 2 saturated carbocycles. The minimum absolute atomic E-state index is 0.0111. The van der Waals surface area contributed by atoms with Crippen molar-refractivity contribution in [3.8, 4) is 0 Å². The Morgan fingerprint density at radius 1 is 0.905 bits per heavy atom. The minimum atomic E-state index is -0.111. The lowest BCUT2D eigenvalue weighted by molar-refractivity contribution is -0.124. The van der Waals surface area contributed by atoms with Gasteiger partial charge < -0.3 is 0 Å². The van der Waals surface area contributed by atoms with Gasteiger partial charge in [-0.25, -0.2) is 0 Å². The van der Waals surface area contributed by atoms with E-state index in [1.54, 1.807) is 0 Å². The number of halogens is 1. The Bertz CT molecular complexity index is 659. The summed E-state index contributed by atoms with van der Waals surface area (Å²) in [5.74, 6) is 1.70. The van der Waals surface area contributed by atoms with E-state index in [9.17, 15) is 9.59 Å². The maximum atomic E-state index is 12.8. The van der Waals surface area contributed by atoms with Gasteiger partial charge in [-0.3, -0.25) is 14.5 Å². The highest BCUT2D eigenvalue weighted by molar-refractivity contribution is 9.10. The first-order valence-electron chi connectivity index (χ1n) is 7.48. The monoisotopic (exact) mass is 343 g/mol. The first-order valence-corrected chi connectivity index (χ1v) is 8.28. The van der Waals surface area contributed by atoms with E-state index in [4.69, 9.17) is 0 Å². The number of benzene rings is 1. The third-order valence-corrected chi connectivity index (χ3v) is 6.28. The highest BCUT2D eigenvalue weighted by atomic mass is 79.9. The van der Waals surface area contributed by atoms with Crippen LogP contribution in [0.1, 0.15) is 6.42 Å². The Balaban J connectivity index is 1.58. The number of rotatable bonds is 1.